The van der Waals surface area contributed by atoms with Crippen molar-refractivity contribution in [3.8, 4) is 0 Å². The maximum Gasteiger partial charge on any atom is 0.315 e. The summed E-state index contributed by atoms with van der Waals surface area (Å²) >= 11 is 0. The Labute approximate surface area is 78.6 Å². The van der Waals surface area contributed by atoms with E-state index in [1.807, 2.05) is 6.92 Å². The normalized spacial score (nSPS) is 27.5. The van der Waals surface area contributed by atoms with E-state index in [0.717, 1.165) is 13.0 Å². The Morgan fingerprint density at radius 2 is 2.38 bits per heavy atom. The Morgan fingerprint density at radius 1 is 1.62 bits per heavy atom. The van der Waals surface area contributed by atoms with Crippen LogP contribution in [0, 0.1) is 5.41 Å². The van der Waals surface area contributed by atoms with Gasteiger partial charge in [-0.15, -0.1) is 0 Å². The third-order valence-corrected chi connectivity index (χ3v) is 2.37. The molecule has 0 radical (unpaired) electrons. The van der Waals surface area contributed by atoms with Crippen LogP contribution in [0.2, 0.25) is 0 Å². The summed E-state index contributed by atoms with van der Waals surface area (Å²) in [5.41, 5.74) is -0.440. The van der Waals surface area contributed by atoms with Gasteiger partial charge in [0.1, 0.15) is 5.41 Å². The van der Waals surface area contributed by atoms with Crippen LogP contribution in [0.4, 0.5) is 0 Å². The predicted octanol–water partition coefficient (Wildman–Crippen LogP) is 0.176. The smallest absolute Gasteiger partial charge is 0.315 e. The second-order valence-electron chi connectivity index (χ2n) is 3.36. The molecule has 1 aliphatic heterocycles. The molecule has 1 rings (SSSR count). The number of nitrogens with one attached hydrogen (secondary N) is 1. The average Bonchev–Trinajstić information content (AvgIpc) is 2.55. The number of ether oxygens (including phenoxy) is 2. The number of hydrogen-bond acceptors (Lipinski definition) is 4. The van der Waals surface area contributed by atoms with Crippen molar-refractivity contribution in [2.24, 2.45) is 5.41 Å². The molecule has 0 aromatic carbocycles. The highest BCUT2D eigenvalue weighted by Crippen LogP contribution is 2.27. The molecule has 1 atom stereocenters. The van der Waals surface area contributed by atoms with Crippen LogP contribution in [0.3, 0.4) is 0 Å². The standard InChI is InChI=1S/C9H17NO3/c1-3-13-8(11)9(7-12-2)4-5-10-6-9/h10H,3-7H2,1-2H3. The summed E-state index contributed by atoms with van der Waals surface area (Å²) < 4.78 is 10.1. The van der Waals surface area contributed by atoms with Crippen LogP contribution in [0.15, 0.2) is 0 Å². The van der Waals surface area contributed by atoms with Gasteiger partial charge >= 0.3 is 5.97 Å². The Kier molecular flexibility index (Phi) is 3.69. The largest absolute Gasteiger partial charge is 0.465 e. The van der Waals surface area contributed by atoms with E-state index >= 15 is 0 Å². The number of methoxy groups -OCH3 is 1. The molecular formula is C9H17NO3. The van der Waals surface area contributed by atoms with E-state index in [9.17, 15) is 4.79 Å². The van der Waals surface area contributed by atoms with Gasteiger partial charge in [0.05, 0.1) is 13.2 Å². The van der Waals surface area contributed by atoms with Crippen LogP contribution in [-0.4, -0.2) is 39.4 Å². The van der Waals surface area contributed by atoms with E-state index < -0.39 is 5.41 Å². The lowest BCUT2D eigenvalue weighted by atomic mass is 9.88. The molecule has 76 valence electrons. The van der Waals surface area contributed by atoms with Crippen molar-refractivity contribution in [1.82, 2.24) is 5.32 Å². The van der Waals surface area contributed by atoms with E-state index in [1.165, 1.54) is 0 Å². The first-order valence-corrected chi connectivity index (χ1v) is 4.62. The van der Waals surface area contributed by atoms with Gasteiger partial charge in [0.15, 0.2) is 0 Å². The number of hydrogen-bond donors (Lipinski definition) is 1. The predicted molar refractivity (Wildman–Crippen MR) is 48.4 cm³/mol. The fourth-order valence-electron chi connectivity index (χ4n) is 1.66. The molecule has 0 bridgehead atoms. The highest BCUT2D eigenvalue weighted by atomic mass is 16.5. The average molecular weight is 187 g/mol. The van der Waals surface area contributed by atoms with Gasteiger partial charge in [-0.3, -0.25) is 4.79 Å². The molecule has 0 amide bonds. The molecule has 1 heterocycles. The van der Waals surface area contributed by atoms with Crippen LogP contribution >= 0.6 is 0 Å². The maximum atomic E-state index is 11.6. The van der Waals surface area contributed by atoms with Crippen molar-refractivity contribution >= 4 is 5.97 Å². The van der Waals surface area contributed by atoms with Gasteiger partial charge in [0.25, 0.3) is 0 Å². The van der Waals surface area contributed by atoms with Crippen LogP contribution in [0.25, 0.3) is 0 Å². The fraction of sp³-hybridized carbons (Fsp3) is 0.889. The van der Waals surface area contributed by atoms with E-state index in [0.29, 0.717) is 19.8 Å². The number of carbonyl (C=O) groups excluding carboxylic acids is 1. The zero-order chi connectivity index (χ0) is 9.73. The third-order valence-electron chi connectivity index (χ3n) is 2.37. The lowest BCUT2D eigenvalue weighted by Crippen LogP contribution is -2.39. The van der Waals surface area contributed by atoms with Crippen LogP contribution in [0.1, 0.15) is 13.3 Å². The van der Waals surface area contributed by atoms with Gasteiger partial charge in [-0.2, -0.15) is 0 Å². The van der Waals surface area contributed by atoms with Crippen molar-refractivity contribution in [1.29, 1.82) is 0 Å². The Balaban J connectivity index is 2.60. The minimum Gasteiger partial charge on any atom is -0.465 e. The summed E-state index contributed by atoms with van der Waals surface area (Å²) in [6.45, 7) is 4.23. The van der Waals surface area contributed by atoms with Crippen molar-refractivity contribution < 1.29 is 14.3 Å². The molecule has 0 saturated carbocycles. The van der Waals surface area contributed by atoms with Crippen LogP contribution in [-0.2, 0) is 14.3 Å². The van der Waals surface area contributed by atoms with Gasteiger partial charge < -0.3 is 14.8 Å². The van der Waals surface area contributed by atoms with Gasteiger partial charge in [-0.25, -0.2) is 0 Å². The van der Waals surface area contributed by atoms with E-state index in [2.05, 4.69) is 5.32 Å². The van der Waals surface area contributed by atoms with Crippen molar-refractivity contribution in [3.63, 3.8) is 0 Å². The van der Waals surface area contributed by atoms with Gasteiger partial charge in [-0.1, -0.05) is 0 Å². The van der Waals surface area contributed by atoms with Crippen LogP contribution < -0.4 is 5.32 Å². The number of esters is 1. The molecule has 1 N–H and O–H groups in total. The molecule has 1 unspecified atom stereocenters. The van der Waals surface area contributed by atoms with Gasteiger partial charge in [-0.05, 0) is 19.9 Å². The fourth-order valence-corrected chi connectivity index (χ4v) is 1.66. The van der Waals surface area contributed by atoms with E-state index in [-0.39, 0.29) is 5.97 Å². The molecule has 0 aromatic rings. The monoisotopic (exact) mass is 187 g/mol. The second kappa shape index (κ2) is 4.58. The Bertz CT molecular complexity index is 176. The molecule has 4 nitrogen and oxygen atoms in total. The minimum absolute atomic E-state index is 0.137. The summed E-state index contributed by atoms with van der Waals surface area (Å²) in [4.78, 5) is 11.6. The minimum atomic E-state index is -0.440. The van der Waals surface area contributed by atoms with E-state index in [4.69, 9.17) is 9.47 Å². The van der Waals surface area contributed by atoms with Crippen molar-refractivity contribution in [2.45, 2.75) is 13.3 Å². The quantitative estimate of drug-likeness (QED) is 0.638. The topological polar surface area (TPSA) is 47.6 Å². The Hall–Kier alpha value is -0.610. The number of rotatable bonds is 4. The summed E-state index contributed by atoms with van der Waals surface area (Å²) in [5.74, 6) is -0.137. The van der Waals surface area contributed by atoms with Crippen LogP contribution in [0.5, 0.6) is 0 Å². The molecule has 0 aromatic heterocycles. The first kappa shape index (κ1) is 10.5. The van der Waals surface area contributed by atoms with Gasteiger partial charge in [0.2, 0.25) is 0 Å². The third kappa shape index (κ3) is 2.19. The first-order valence-electron chi connectivity index (χ1n) is 4.62. The van der Waals surface area contributed by atoms with Crippen molar-refractivity contribution in [2.75, 3.05) is 33.4 Å². The SMILES string of the molecule is CCOC(=O)C1(COC)CCNC1. The Morgan fingerprint density at radius 3 is 2.85 bits per heavy atom. The highest BCUT2D eigenvalue weighted by molar-refractivity contribution is 5.77. The number of carbonyl (C=O) groups is 1. The molecule has 1 saturated heterocycles. The zero-order valence-electron chi connectivity index (χ0n) is 8.26. The highest BCUT2D eigenvalue weighted by Gasteiger charge is 2.42. The molecule has 4 heteroatoms. The first-order chi connectivity index (χ1) is 6.25. The molecule has 1 fully saturated rings. The zero-order valence-corrected chi connectivity index (χ0v) is 8.26. The lowest BCUT2D eigenvalue weighted by Gasteiger charge is -2.24. The van der Waals surface area contributed by atoms with Crippen molar-refractivity contribution in [3.05, 3.63) is 0 Å². The summed E-state index contributed by atoms with van der Waals surface area (Å²) in [5, 5.41) is 3.16. The molecule has 0 spiro atoms. The molecular weight excluding hydrogens is 170 g/mol. The van der Waals surface area contributed by atoms with Gasteiger partial charge in [0, 0.05) is 13.7 Å². The molecule has 1 aliphatic rings. The second-order valence-corrected chi connectivity index (χ2v) is 3.36. The molecule has 13 heavy (non-hydrogen) atoms. The lowest BCUT2D eigenvalue weighted by molar-refractivity contribution is -0.157. The molecule has 0 aliphatic carbocycles. The van der Waals surface area contributed by atoms with E-state index in [1.54, 1.807) is 7.11 Å². The maximum absolute atomic E-state index is 11.6. The summed E-state index contributed by atoms with van der Waals surface area (Å²) in [6, 6.07) is 0. The summed E-state index contributed by atoms with van der Waals surface area (Å²) in [6.07, 6.45) is 0.805. The summed E-state index contributed by atoms with van der Waals surface area (Å²) in [7, 11) is 1.61.